The smallest absolute Gasteiger partial charge is 0.0718 e. The Hall–Kier alpha value is -1.64. The molecule has 1 aliphatic carbocycles. The zero-order chi connectivity index (χ0) is 18.1. The van der Waals surface area contributed by atoms with Crippen molar-refractivity contribution in [2.75, 3.05) is 14.2 Å². The highest BCUT2D eigenvalue weighted by molar-refractivity contribution is 5.80. The normalized spacial score (nSPS) is 12.8. The molecular formula is C23H30O2. The third kappa shape index (κ3) is 3.26. The van der Waals surface area contributed by atoms with Gasteiger partial charge in [-0.1, -0.05) is 45.9 Å². The fraction of sp³-hybridized carbons (Fsp3) is 0.478. The Morgan fingerprint density at radius 1 is 0.880 bits per heavy atom. The van der Waals surface area contributed by atoms with Crippen LogP contribution in [0.25, 0.3) is 11.1 Å². The quantitative estimate of drug-likeness (QED) is 0.566. The Kier molecular flexibility index (Phi) is 5.31. The molecule has 0 aromatic heterocycles. The second kappa shape index (κ2) is 7.31. The number of hydrogen-bond acceptors (Lipinski definition) is 2. The van der Waals surface area contributed by atoms with E-state index in [0.29, 0.717) is 25.0 Å². The molecule has 3 rings (SSSR count). The summed E-state index contributed by atoms with van der Waals surface area (Å²) in [5, 5.41) is 0. The minimum absolute atomic E-state index is 0.454. The highest BCUT2D eigenvalue weighted by atomic mass is 16.5. The van der Waals surface area contributed by atoms with Crippen LogP contribution in [-0.2, 0) is 29.1 Å². The summed E-state index contributed by atoms with van der Waals surface area (Å²) in [6, 6.07) is 9.33. The molecule has 2 nitrogen and oxygen atoms in total. The van der Waals surface area contributed by atoms with Crippen LogP contribution in [0.3, 0.4) is 0 Å². The lowest BCUT2D eigenvalue weighted by molar-refractivity contribution is 0.177. The van der Waals surface area contributed by atoms with Gasteiger partial charge in [-0.2, -0.15) is 0 Å². The van der Waals surface area contributed by atoms with Crippen molar-refractivity contribution < 1.29 is 9.47 Å². The largest absolute Gasteiger partial charge is 0.380 e. The summed E-state index contributed by atoms with van der Waals surface area (Å²) < 4.78 is 11.1. The van der Waals surface area contributed by atoms with Gasteiger partial charge in [-0.3, -0.25) is 0 Å². The third-order valence-electron chi connectivity index (χ3n) is 5.30. The van der Waals surface area contributed by atoms with Crippen LogP contribution >= 0.6 is 0 Å². The maximum absolute atomic E-state index is 5.60. The Labute approximate surface area is 152 Å². The summed E-state index contributed by atoms with van der Waals surface area (Å²) in [6.07, 6.45) is 1.01. The van der Waals surface area contributed by atoms with Crippen LogP contribution in [0.15, 0.2) is 24.3 Å². The summed E-state index contributed by atoms with van der Waals surface area (Å²) in [4.78, 5) is 0. The molecule has 0 amide bonds. The van der Waals surface area contributed by atoms with E-state index in [1.165, 1.54) is 44.5 Å². The highest BCUT2D eigenvalue weighted by Crippen LogP contribution is 2.43. The Morgan fingerprint density at radius 3 is 2.20 bits per heavy atom. The molecular weight excluding hydrogens is 308 g/mol. The van der Waals surface area contributed by atoms with Gasteiger partial charge in [-0.05, 0) is 68.8 Å². The van der Waals surface area contributed by atoms with Gasteiger partial charge in [-0.15, -0.1) is 0 Å². The van der Waals surface area contributed by atoms with Crippen LogP contribution in [-0.4, -0.2) is 14.2 Å². The van der Waals surface area contributed by atoms with E-state index in [9.17, 15) is 0 Å². The second-order valence-corrected chi connectivity index (χ2v) is 7.72. The molecule has 0 unspecified atom stereocenters. The van der Waals surface area contributed by atoms with Crippen LogP contribution < -0.4 is 0 Å². The molecule has 0 N–H and O–H groups in total. The lowest BCUT2D eigenvalue weighted by atomic mass is 9.86. The van der Waals surface area contributed by atoms with E-state index in [4.69, 9.17) is 9.47 Å². The van der Waals surface area contributed by atoms with Crippen LogP contribution in [0, 0.1) is 0 Å². The molecule has 2 aromatic carbocycles. The van der Waals surface area contributed by atoms with Crippen LogP contribution in [0.1, 0.15) is 72.9 Å². The Bertz CT molecular complexity index is 772. The molecule has 134 valence electrons. The lowest BCUT2D eigenvalue weighted by Gasteiger charge is -2.21. The van der Waals surface area contributed by atoms with Gasteiger partial charge >= 0.3 is 0 Å². The Balaban J connectivity index is 2.21. The molecule has 25 heavy (non-hydrogen) atoms. The van der Waals surface area contributed by atoms with E-state index in [0.717, 1.165) is 6.42 Å². The molecule has 0 fully saturated rings. The topological polar surface area (TPSA) is 18.5 Å². The van der Waals surface area contributed by atoms with Gasteiger partial charge in [0.25, 0.3) is 0 Å². The van der Waals surface area contributed by atoms with Crippen LogP contribution in [0.2, 0.25) is 0 Å². The summed E-state index contributed by atoms with van der Waals surface area (Å²) >= 11 is 0. The number of hydrogen-bond donors (Lipinski definition) is 0. The summed E-state index contributed by atoms with van der Waals surface area (Å²) in [7, 11) is 3.56. The van der Waals surface area contributed by atoms with Gasteiger partial charge in [0.15, 0.2) is 0 Å². The number of benzene rings is 2. The minimum atomic E-state index is 0.454. The first-order valence-corrected chi connectivity index (χ1v) is 9.26. The second-order valence-electron chi connectivity index (χ2n) is 7.72. The van der Waals surface area contributed by atoms with Gasteiger partial charge in [-0.25, -0.2) is 0 Å². The van der Waals surface area contributed by atoms with Crippen molar-refractivity contribution in [2.45, 2.75) is 59.2 Å². The fourth-order valence-corrected chi connectivity index (χ4v) is 4.18. The number of rotatable bonds is 6. The maximum atomic E-state index is 5.60. The zero-order valence-electron chi connectivity index (χ0n) is 16.4. The van der Waals surface area contributed by atoms with Crippen molar-refractivity contribution in [3.8, 4) is 11.1 Å². The molecule has 2 aromatic rings. The zero-order valence-corrected chi connectivity index (χ0v) is 16.4. The average molecular weight is 338 g/mol. The standard InChI is InChI=1S/C23H30O2/c1-14(2)16-7-8-19-17(9-16)10-21-20(19)11-18(12-24-5)23(15(3)4)22(21)13-25-6/h7-9,11,14-15H,10,12-13H2,1-6H3. The molecule has 0 saturated heterocycles. The van der Waals surface area contributed by atoms with Gasteiger partial charge < -0.3 is 9.47 Å². The molecule has 0 bridgehead atoms. The van der Waals surface area contributed by atoms with E-state index in [-0.39, 0.29) is 0 Å². The van der Waals surface area contributed by atoms with Crippen molar-refractivity contribution in [3.05, 3.63) is 57.6 Å². The molecule has 0 heterocycles. The molecule has 0 saturated carbocycles. The first kappa shape index (κ1) is 18.2. The van der Waals surface area contributed by atoms with Gasteiger partial charge in [0.1, 0.15) is 0 Å². The minimum Gasteiger partial charge on any atom is -0.380 e. The molecule has 0 atom stereocenters. The van der Waals surface area contributed by atoms with Gasteiger partial charge in [0.05, 0.1) is 13.2 Å². The van der Waals surface area contributed by atoms with E-state index < -0.39 is 0 Å². The monoisotopic (exact) mass is 338 g/mol. The SMILES string of the molecule is COCc1cc2c(c(COC)c1C(C)C)Cc1cc(C(C)C)ccc1-2. The van der Waals surface area contributed by atoms with Crippen molar-refractivity contribution in [1.29, 1.82) is 0 Å². The summed E-state index contributed by atoms with van der Waals surface area (Å²) in [5.41, 5.74) is 11.1. The molecule has 2 heteroatoms. The number of ether oxygens (including phenoxy) is 2. The molecule has 1 aliphatic rings. The van der Waals surface area contributed by atoms with E-state index in [1.807, 2.05) is 0 Å². The van der Waals surface area contributed by atoms with Crippen LogP contribution in [0.5, 0.6) is 0 Å². The maximum Gasteiger partial charge on any atom is 0.0718 e. The van der Waals surface area contributed by atoms with E-state index >= 15 is 0 Å². The van der Waals surface area contributed by atoms with Crippen molar-refractivity contribution in [3.63, 3.8) is 0 Å². The van der Waals surface area contributed by atoms with Crippen molar-refractivity contribution in [1.82, 2.24) is 0 Å². The summed E-state index contributed by atoms with van der Waals surface area (Å²) in [6.45, 7) is 10.4. The Morgan fingerprint density at radius 2 is 1.60 bits per heavy atom. The first-order valence-electron chi connectivity index (χ1n) is 9.26. The van der Waals surface area contributed by atoms with E-state index in [2.05, 4.69) is 52.0 Å². The average Bonchev–Trinajstić information content (AvgIpc) is 2.93. The predicted molar refractivity (Wildman–Crippen MR) is 104 cm³/mol. The number of fused-ring (bicyclic) bond motifs is 3. The summed E-state index contributed by atoms with van der Waals surface area (Å²) in [5.74, 6) is 1.01. The lowest BCUT2D eigenvalue weighted by Crippen LogP contribution is -2.08. The van der Waals surface area contributed by atoms with E-state index in [1.54, 1.807) is 14.2 Å². The van der Waals surface area contributed by atoms with Crippen LogP contribution in [0.4, 0.5) is 0 Å². The molecule has 0 aliphatic heterocycles. The number of methoxy groups -OCH3 is 2. The van der Waals surface area contributed by atoms with Gasteiger partial charge in [0, 0.05) is 14.2 Å². The molecule has 0 radical (unpaired) electrons. The first-order chi connectivity index (χ1) is 12.0. The van der Waals surface area contributed by atoms with Crippen molar-refractivity contribution in [2.24, 2.45) is 0 Å². The third-order valence-corrected chi connectivity index (χ3v) is 5.30. The van der Waals surface area contributed by atoms with Crippen molar-refractivity contribution >= 4 is 0 Å². The predicted octanol–water partition coefficient (Wildman–Crippen LogP) is 5.80. The highest BCUT2D eigenvalue weighted by Gasteiger charge is 2.26. The molecule has 0 spiro atoms. The fourth-order valence-electron chi connectivity index (χ4n) is 4.18. The van der Waals surface area contributed by atoms with Gasteiger partial charge in [0.2, 0.25) is 0 Å².